The van der Waals surface area contributed by atoms with E-state index in [1.807, 2.05) is 51.1 Å². The van der Waals surface area contributed by atoms with Crippen LogP contribution >= 0.6 is 11.3 Å². The Bertz CT molecular complexity index is 1400. The van der Waals surface area contributed by atoms with Gasteiger partial charge in [-0.15, -0.1) is 11.3 Å². The lowest BCUT2D eigenvalue weighted by Crippen LogP contribution is -2.49. The van der Waals surface area contributed by atoms with Gasteiger partial charge in [-0.3, -0.25) is 24.4 Å². The molecule has 1 aromatic carbocycles. The average Bonchev–Trinajstić information content (AvgIpc) is 3.60. The minimum atomic E-state index is -1.03. The number of alkyl carbamates (subject to hydrolysis) is 1. The Morgan fingerprint density at radius 3 is 2.60 bits per heavy atom. The van der Waals surface area contributed by atoms with E-state index < -0.39 is 35.3 Å². The van der Waals surface area contributed by atoms with Crippen molar-refractivity contribution in [2.45, 2.75) is 65.1 Å². The Balaban J connectivity index is 1.37. The highest BCUT2D eigenvalue weighted by Gasteiger charge is 2.44. The Morgan fingerprint density at radius 1 is 1.14 bits per heavy atom. The van der Waals surface area contributed by atoms with E-state index in [0.29, 0.717) is 30.1 Å². The molecule has 12 heteroatoms. The number of amides is 3. The Labute approximate surface area is 249 Å². The van der Waals surface area contributed by atoms with Crippen molar-refractivity contribution >= 4 is 35.0 Å². The highest BCUT2D eigenvalue weighted by atomic mass is 32.1. The number of nitrogens with zero attached hydrogens (tertiary/aromatic N) is 4. The van der Waals surface area contributed by atoms with Crippen LogP contribution < -0.4 is 10.6 Å². The number of likely N-dealkylation sites (tertiary alicyclic amines) is 1. The van der Waals surface area contributed by atoms with E-state index in [1.165, 1.54) is 11.3 Å². The van der Waals surface area contributed by atoms with Gasteiger partial charge in [0.05, 0.1) is 18.8 Å². The second-order valence-electron chi connectivity index (χ2n) is 11.0. The van der Waals surface area contributed by atoms with Gasteiger partial charge in [-0.1, -0.05) is 63.9 Å². The molecule has 42 heavy (non-hydrogen) atoms. The lowest BCUT2D eigenvalue weighted by Gasteiger charge is -2.26. The van der Waals surface area contributed by atoms with E-state index in [9.17, 15) is 19.2 Å². The fraction of sp³-hybridized carbons (Fsp3) is 0.433. The number of hydrogen-bond acceptors (Lipinski definition) is 9. The van der Waals surface area contributed by atoms with Gasteiger partial charge in [0.15, 0.2) is 0 Å². The second-order valence-corrected chi connectivity index (χ2v) is 11.9. The molecule has 3 aromatic rings. The normalized spacial score (nSPS) is 17.2. The lowest BCUT2D eigenvalue weighted by atomic mass is 9.90. The standard InChI is InChI=1S/C30H36N6O5S/c1-5-6-12-21(25(37)26(38)33-19(2)20-10-8-7-9-11-20)35-29(40)41-24-16-36(18-30(24,3)4)28(39)23-17-42-27(34-23)22-15-31-13-14-32-22/h7-11,13-15,17,19,21,24H,5-6,12,16,18H2,1-4H3,(H,33,38)(H,35,40)/t19-,21+,24+/m1/s1. The summed E-state index contributed by atoms with van der Waals surface area (Å²) in [5.74, 6) is -1.77. The smallest absolute Gasteiger partial charge is 0.408 e. The third-order valence-electron chi connectivity index (χ3n) is 7.22. The van der Waals surface area contributed by atoms with E-state index in [1.54, 1.807) is 35.8 Å². The summed E-state index contributed by atoms with van der Waals surface area (Å²) in [6.07, 6.45) is 4.99. The van der Waals surface area contributed by atoms with Crippen LogP contribution in [0.1, 0.15) is 69.1 Å². The molecule has 1 aliphatic heterocycles. The van der Waals surface area contributed by atoms with E-state index in [0.717, 1.165) is 12.0 Å². The summed E-state index contributed by atoms with van der Waals surface area (Å²) >= 11 is 1.30. The molecule has 0 bridgehead atoms. The van der Waals surface area contributed by atoms with Crippen LogP contribution in [0.3, 0.4) is 0 Å². The van der Waals surface area contributed by atoms with Gasteiger partial charge in [0.25, 0.3) is 11.8 Å². The summed E-state index contributed by atoms with van der Waals surface area (Å²) in [6, 6.07) is 7.90. The van der Waals surface area contributed by atoms with Crippen molar-refractivity contribution in [2.75, 3.05) is 13.1 Å². The number of nitrogens with one attached hydrogen (secondary N) is 2. The predicted molar refractivity (Wildman–Crippen MR) is 158 cm³/mol. The van der Waals surface area contributed by atoms with Crippen LogP contribution in [-0.4, -0.2) is 68.8 Å². The number of hydrogen-bond donors (Lipinski definition) is 2. The molecule has 1 fully saturated rings. The molecule has 3 amide bonds. The summed E-state index contributed by atoms with van der Waals surface area (Å²) in [5.41, 5.74) is 1.17. The number of ketones is 1. The predicted octanol–water partition coefficient (Wildman–Crippen LogP) is 4.18. The molecule has 2 aromatic heterocycles. The van der Waals surface area contributed by atoms with Gasteiger partial charge in [-0.05, 0) is 18.9 Å². The van der Waals surface area contributed by atoms with Gasteiger partial charge >= 0.3 is 6.09 Å². The van der Waals surface area contributed by atoms with Crippen LogP contribution in [0.2, 0.25) is 0 Å². The molecule has 0 radical (unpaired) electrons. The molecule has 3 heterocycles. The molecule has 3 atom stereocenters. The molecule has 1 aliphatic rings. The van der Waals surface area contributed by atoms with Crippen molar-refractivity contribution in [1.82, 2.24) is 30.5 Å². The van der Waals surface area contributed by atoms with Crippen molar-refractivity contribution in [3.05, 3.63) is 65.6 Å². The topological polar surface area (TPSA) is 143 Å². The monoisotopic (exact) mass is 592 g/mol. The van der Waals surface area contributed by atoms with Crippen LogP contribution in [0.4, 0.5) is 4.79 Å². The number of thiazole rings is 1. The zero-order chi connectivity index (χ0) is 30.3. The molecule has 0 spiro atoms. The third kappa shape index (κ3) is 7.55. The molecular weight excluding hydrogens is 556 g/mol. The zero-order valence-corrected chi connectivity index (χ0v) is 25.0. The highest BCUT2D eigenvalue weighted by molar-refractivity contribution is 7.13. The van der Waals surface area contributed by atoms with Crippen LogP contribution in [0, 0.1) is 5.41 Å². The molecule has 0 saturated carbocycles. The molecule has 1 saturated heterocycles. The van der Waals surface area contributed by atoms with E-state index in [-0.39, 0.29) is 24.2 Å². The second kappa shape index (κ2) is 13.6. The largest absolute Gasteiger partial charge is 0.444 e. The first-order valence-electron chi connectivity index (χ1n) is 14.0. The summed E-state index contributed by atoms with van der Waals surface area (Å²) in [7, 11) is 0. The number of carbonyl (C=O) groups is 4. The maximum atomic E-state index is 13.3. The number of rotatable bonds is 11. The van der Waals surface area contributed by atoms with Crippen LogP contribution in [0.25, 0.3) is 10.7 Å². The molecule has 222 valence electrons. The van der Waals surface area contributed by atoms with Crippen molar-refractivity contribution in [3.8, 4) is 10.7 Å². The zero-order valence-electron chi connectivity index (χ0n) is 24.2. The SMILES string of the molecule is CCCC[C@H](NC(=O)O[C@H]1CN(C(=O)c2csc(-c3cnccn3)n2)CC1(C)C)C(=O)C(=O)N[C@H](C)c1ccccc1. The van der Waals surface area contributed by atoms with Crippen LogP contribution in [-0.2, 0) is 14.3 Å². The van der Waals surface area contributed by atoms with Gasteiger partial charge in [0.2, 0.25) is 5.78 Å². The number of aromatic nitrogens is 3. The minimum Gasteiger partial charge on any atom is -0.444 e. The van der Waals surface area contributed by atoms with Crippen molar-refractivity contribution < 1.29 is 23.9 Å². The van der Waals surface area contributed by atoms with E-state index >= 15 is 0 Å². The van der Waals surface area contributed by atoms with E-state index in [2.05, 4.69) is 25.6 Å². The average molecular weight is 593 g/mol. The first-order valence-corrected chi connectivity index (χ1v) is 14.8. The quantitative estimate of drug-likeness (QED) is 0.316. The molecule has 4 rings (SSSR count). The van der Waals surface area contributed by atoms with Gasteiger partial charge < -0.3 is 20.3 Å². The van der Waals surface area contributed by atoms with Crippen LogP contribution in [0.15, 0.2) is 54.3 Å². The Kier molecular flexibility index (Phi) is 10.00. The fourth-order valence-electron chi connectivity index (χ4n) is 4.75. The van der Waals surface area contributed by atoms with Crippen molar-refractivity contribution in [3.63, 3.8) is 0 Å². The molecular formula is C30H36N6O5S. The Hall–Kier alpha value is -4.19. The van der Waals surface area contributed by atoms with Crippen molar-refractivity contribution in [1.29, 1.82) is 0 Å². The van der Waals surface area contributed by atoms with Gasteiger partial charge in [0.1, 0.15) is 28.5 Å². The molecule has 2 N–H and O–H groups in total. The van der Waals surface area contributed by atoms with Gasteiger partial charge in [-0.25, -0.2) is 9.78 Å². The lowest BCUT2D eigenvalue weighted by molar-refractivity contribution is -0.139. The first kappa shape index (κ1) is 30.8. The van der Waals surface area contributed by atoms with Crippen molar-refractivity contribution in [2.24, 2.45) is 5.41 Å². The summed E-state index contributed by atoms with van der Waals surface area (Å²) in [6.45, 7) is 8.08. The van der Waals surface area contributed by atoms with E-state index in [4.69, 9.17) is 4.74 Å². The number of unbranched alkanes of at least 4 members (excludes halogenated alkanes) is 1. The summed E-state index contributed by atoms with van der Waals surface area (Å²) in [5, 5.41) is 7.59. The number of Topliss-reactive ketones (excluding diaryl/α,β-unsaturated/α-hetero) is 1. The minimum absolute atomic E-state index is 0.167. The molecule has 0 aliphatic carbocycles. The third-order valence-corrected chi connectivity index (χ3v) is 8.09. The maximum absolute atomic E-state index is 13.3. The first-order chi connectivity index (χ1) is 20.1. The van der Waals surface area contributed by atoms with Gasteiger partial charge in [0, 0.05) is 29.7 Å². The summed E-state index contributed by atoms with van der Waals surface area (Å²) in [4.78, 5) is 66.4. The maximum Gasteiger partial charge on any atom is 0.408 e. The fourth-order valence-corrected chi connectivity index (χ4v) is 5.51. The van der Waals surface area contributed by atoms with Gasteiger partial charge in [-0.2, -0.15) is 0 Å². The molecule has 0 unspecified atom stereocenters. The number of carbonyl (C=O) groups excluding carboxylic acids is 4. The highest BCUT2D eigenvalue weighted by Crippen LogP contribution is 2.33. The Morgan fingerprint density at radius 2 is 1.90 bits per heavy atom. The number of ether oxygens (including phenoxy) is 1. The van der Waals surface area contributed by atoms with Crippen LogP contribution in [0.5, 0.6) is 0 Å². The number of benzene rings is 1. The summed E-state index contributed by atoms with van der Waals surface area (Å²) < 4.78 is 5.74. The molecule has 11 nitrogen and oxygen atoms in total.